The van der Waals surface area contributed by atoms with Gasteiger partial charge in [0, 0.05) is 24.9 Å². The predicted molar refractivity (Wildman–Crippen MR) is 118 cm³/mol. The zero-order valence-electron chi connectivity index (χ0n) is 17.8. The summed E-state index contributed by atoms with van der Waals surface area (Å²) in [5.74, 6) is 1.48. The Morgan fingerprint density at radius 1 is 0.871 bits per heavy atom. The highest BCUT2D eigenvalue weighted by atomic mass is 16.6. The van der Waals surface area contributed by atoms with Crippen LogP contribution in [-0.2, 0) is 21.4 Å². The van der Waals surface area contributed by atoms with E-state index >= 15 is 0 Å². The van der Waals surface area contributed by atoms with Crippen LogP contribution in [-0.4, -0.2) is 38.1 Å². The van der Waals surface area contributed by atoms with Crippen molar-refractivity contribution in [3.8, 4) is 11.5 Å². The lowest BCUT2D eigenvalue weighted by Crippen LogP contribution is -2.40. The molecule has 31 heavy (non-hydrogen) atoms. The van der Waals surface area contributed by atoms with Crippen molar-refractivity contribution in [1.82, 2.24) is 10.6 Å². The van der Waals surface area contributed by atoms with Crippen LogP contribution in [0.4, 0.5) is 0 Å². The van der Waals surface area contributed by atoms with Crippen LogP contribution < -0.4 is 20.1 Å². The number of amides is 2. The molecule has 6 heteroatoms. The molecule has 2 N–H and O–H groups in total. The van der Waals surface area contributed by atoms with Crippen LogP contribution in [0, 0.1) is 0 Å². The van der Waals surface area contributed by atoms with Gasteiger partial charge in [-0.1, -0.05) is 49.2 Å². The minimum Gasteiger partial charge on any atom is -0.486 e. The predicted octanol–water partition coefficient (Wildman–Crippen LogP) is 3.13. The van der Waals surface area contributed by atoms with E-state index in [-0.39, 0.29) is 23.7 Å². The number of benzene rings is 2. The van der Waals surface area contributed by atoms with Crippen molar-refractivity contribution in [1.29, 1.82) is 0 Å². The molecular weight excluding hydrogens is 392 g/mol. The molecule has 2 aromatic rings. The average molecular weight is 423 g/mol. The molecule has 1 saturated carbocycles. The van der Waals surface area contributed by atoms with Crippen molar-refractivity contribution in [3.05, 3.63) is 59.7 Å². The fraction of sp³-hybridized carbons (Fsp3) is 0.440. The van der Waals surface area contributed by atoms with Gasteiger partial charge < -0.3 is 20.1 Å². The van der Waals surface area contributed by atoms with E-state index in [0.29, 0.717) is 32.7 Å². The van der Waals surface area contributed by atoms with Crippen LogP contribution in [0.5, 0.6) is 11.5 Å². The third-order valence-electron chi connectivity index (χ3n) is 6.22. The molecule has 0 atom stereocenters. The monoisotopic (exact) mass is 422 g/mol. The maximum Gasteiger partial charge on any atom is 0.224 e. The molecule has 0 unspecified atom stereocenters. The van der Waals surface area contributed by atoms with Crippen molar-refractivity contribution in [3.63, 3.8) is 0 Å². The van der Waals surface area contributed by atoms with Crippen LogP contribution in [0.3, 0.4) is 0 Å². The van der Waals surface area contributed by atoms with E-state index < -0.39 is 0 Å². The lowest BCUT2D eigenvalue weighted by atomic mass is 9.78. The summed E-state index contributed by atoms with van der Waals surface area (Å²) in [7, 11) is 0. The fourth-order valence-electron chi connectivity index (χ4n) is 4.51. The molecule has 0 radical (unpaired) electrons. The first-order valence-corrected chi connectivity index (χ1v) is 11.1. The largest absolute Gasteiger partial charge is 0.486 e. The topological polar surface area (TPSA) is 76.7 Å². The molecule has 1 aliphatic carbocycles. The van der Waals surface area contributed by atoms with Gasteiger partial charge >= 0.3 is 0 Å². The summed E-state index contributed by atoms with van der Waals surface area (Å²) >= 11 is 0. The SMILES string of the molecule is O=C(CCNC(=O)Cc1ccccc1)NCC1(c2ccc3c(c2)OCCO3)CCCC1. The van der Waals surface area contributed by atoms with Crippen molar-refractivity contribution in [2.24, 2.45) is 0 Å². The van der Waals surface area contributed by atoms with Gasteiger partial charge in [-0.3, -0.25) is 9.59 Å². The fourth-order valence-corrected chi connectivity index (χ4v) is 4.51. The number of carbonyl (C=O) groups is 2. The highest BCUT2D eigenvalue weighted by Crippen LogP contribution is 2.43. The summed E-state index contributed by atoms with van der Waals surface area (Å²) in [5, 5.41) is 5.94. The molecule has 4 rings (SSSR count). The summed E-state index contributed by atoms with van der Waals surface area (Å²) in [6.45, 7) is 2.09. The minimum absolute atomic E-state index is 0.0381. The molecule has 2 aliphatic rings. The first-order chi connectivity index (χ1) is 15.1. The molecule has 2 aromatic carbocycles. The summed E-state index contributed by atoms with van der Waals surface area (Å²) in [4.78, 5) is 24.5. The smallest absolute Gasteiger partial charge is 0.224 e. The van der Waals surface area contributed by atoms with Gasteiger partial charge in [0.05, 0.1) is 6.42 Å². The number of hydrogen-bond donors (Lipinski definition) is 2. The quantitative estimate of drug-likeness (QED) is 0.685. The zero-order chi connectivity index (χ0) is 21.5. The molecule has 6 nitrogen and oxygen atoms in total. The Morgan fingerprint density at radius 2 is 1.61 bits per heavy atom. The zero-order valence-corrected chi connectivity index (χ0v) is 17.8. The molecule has 0 bridgehead atoms. The standard InChI is InChI=1S/C25H30N2O4/c28-23(10-13-26-24(29)16-19-6-2-1-3-7-19)27-18-25(11-4-5-12-25)20-8-9-21-22(17-20)31-15-14-30-21/h1-3,6-9,17H,4-5,10-16,18H2,(H,26,29)(H,27,28). The van der Waals surface area contributed by atoms with Gasteiger partial charge in [0.1, 0.15) is 13.2 Å². The van der Waals surface area contributed by atoms with Crippen molar-refractivity contribution in [2.45, 2.75) is 43.9 Å². The molecular formula is C25H30N2O4. The van der Waals surface area contributed by atoms with E-state index in [2.05, 4.69) is 22.8 Å². The third-order valence-corrected chi connectivity index (χ3v) is 6.22. The second-order valence-electron chi connectivity index (χ2n) is 8.38. The number of carbonyl (C=O) groups excluding carboxylic acids is 2. The normalized spacial score (nSPS) is 16.5. The van der Waals surface area contributed by atoms with Crippen LogP contribution >= 0.6 is 0 Å². The van der Waals surface area contributed by atoms with E-state index in [1.165, 1.54) is 5.56 Å². The van der Waals surface area contributed by atoms with E-state index in [1.54, 1.807) is 0 Å². The molecule has 0 spiro atoms. The number of rotatable bonds is 8. The van der Waals surface area contributed by atoms with Crippen molar-refractivity contribution < 1.29 is 19.1 Å². The molecule has 164 valence electrons. The van der Waals surface area contributed by atoms with Gasteiger partial charge in [-0.2, -0.15) is 0 Å². The molecule has 0 aromatic heterocycles. The Hall–Kier alpha value is -3.02. The first-order valence-electron chi connectivity index (χ1n) is 11.1. The number of nitrogens with one attached hydrogen (secondary N) is 2. The average Bonchev–Trinajstić information content (AvgIpc) is 3.28. The highest BCUT2D eigenvalue weighted by molar-refractivity contribution is 5.80. The number of ether oxygens (including phenoxy) is 2. The maximum atomic E-state index is 12.4. The van der Waals surface area contributed by atoms with Crippen LogP contribution in [0.2, 0.25) is 0 Å². The Labute approximate surface area is 183 Å². The number of hydrogen-bond acceptors (Lipinski definition) is 4. The highest BCUT2D eigenvalue weighted by Gasteiger charge is 2.36. The van der Waals surface area contributed by atoms with E-state index in [9.17, 15) is 9.59 Å². The van der Waals surface area contributed by atoms with Gasteiger partial charge in [-0.25, -0.2) is 0 Å². The summed E-state index contributed by atoms with van der Waals surface area (Å²) in [6, 6.07) is 15.8. The summed E-state index contributed by atoms with van der Waals surface area (Å²) < 4.78 is 11.4. The van der Waals surface area contributed by atoms with Gasteiger partial charge in [0.25, 0.3) is 0 Å². The Balaban J connectivity index is 1.27. The Kier molecular flexibility index (Phi) is 6.75. The number of fused-ring (bicyclic) bond motifs is 1. The second-order valence-corrected chi connectivity index (χ2v) is 8.38. The molecule has 1 aliphatic heterocycles. The van der Waals surface area contributed by atoms with Crippen LogP contribution in [0.1, 0.15) is 43.2 Å². The summed E-state index contributed by atoms with van der Waals surface area (Å²) in [5.41, 5.74) is 2.10. The first kappa shape index (κ1) is 21.2. The van der Waals surface area contributed by atoms with Gasteiger partial charge in [-0.05, 0) is 36.1 Å². The summed E-state index contributed by atoms with van der Waals surface area (Å²) in [6.07, 6.45) is 4.99. The molecule has 1 heterocycles. The van der Waals surface area contributed by atoms with Crippen LogP contribution in [0.25, 0.3) is 0 Å². The van der Waals surface area contributed by atoms with E-state index in [4.69, 9.17) is 9.47 Å². The molecule has 0 saturated heterocycles. The maximum absolute atomic E-state index is 12.4. The Morgan fingerprint density at radius 3 is 2.39 bits per heavy atom. The van der Waals surface area contributed by atoms with Crippen molar-refractivity contribution in [2.75, 3.05) is 26.3 Å². The van der Waals surface area contributed by atoms with Gasteiger partial charge in [0.15, 0.2) is 11.5 Å². The molecule has 1 fully saturated rings. The van der Waals surface area contributed by atoms with Crippen LogP contribution in [0.15, 0.2) is 48.5 Å². The molecule has 2 amide bonds. The Bertz CT molecular complexity index is 907. The van der Waals surface area contributed by atoms with Gasteiger partial charge in [0.2, 0.25) is 11.8 Å². The van der Waals surface area contributed by atoms with Crippen molar-refractivity contribution >= 4 is 11.8 Å². The van der Waals surface area contributed by atoms with E-state index in [1.807, 2.05) is 36.4 Å². The lowest BCUT2D eigenvalue weighted by Gasteiger charge is -2.31. The lowest BCUT2D eigenvalue weighted by molar-refractivity contribution is -0.122. The van der Waals surface area contributed by atoms with Gasteiger partial charge in [-0.15, -0.1) is 0 Å². The minimum atomic E-state index is -0.0674. The third kappa shape index (κ3) is 5.37. The second kappa shape index (κ2) is 9.86. The van der Waals surface area contributed by atoms with E-state index in [0.717, 1.165) is 42.7 Å².